The predicted octanol–water partition coefficient (Wildman–Crippen LogP) is 2.49. The molecule has 0 spiro atoms. The van der Waals surface area contributed by atoms with Crippen LogP contribution in [0, 0.1) is 6.92 Å². The van der Waals surface area contributed by atoms with Crippen LogP contribution in [-0.2, 0) is 0 Å². The highest BCUT2D eigenvalue weighted by Gasteiger charge is 2.14. The SMILES string of the molecule is CCCN(CCO)C(=O)c1ccc(Cl)c(C)c1. The second-order valence-electron chi connectivity index (χ2n) is 3.98. The summed E-state index contributed by atoms with van der Waals surface area (Å²) in [5.41, 5.74) is 1.51. The topological polar surface area (TPSA) is 40.5 Å². The highest BCUT2D eigenvalue weighted by Crippen LogP contribution is 2.17. The summed E-state index contributed by atoms with van der Waals surface area (Å²) in [6.07, 6.45) is 0.873. The standard InChI is InChI=1S/C13H18ClNO2/c1-3-6-15(7-8-16)13(17)11-4-5-12(14)10(2)9-11/h4-5,9,16H,3,6-8H2,1-2H3. The van der Waals surface area contributed by atoms with Gasteiger partial charge in [-0.15, -0.1) is 0 Å². The van der Waals surface area contributed by atoms with Crippen LogP contribution < -0.4 is 0 Å². The third-order valence-corrected chi connectivity index (χ3v) is 2.98. The number of nitrogens with zero attached hydrogens (tertiary/aromatic N) is 1. The molecular formula is C13H18ClNO2. The van der Waals surface area contributed by atoms with Gasteiger partial charge in [0, 0.05) is 23.7 Å². The van der Waals surface area contributed by atoms with Crippen LogP contribution >= 0.6 is 11.6 Å². The Bertz CT molecular complexity index is 387. The minimum absolute atomic E-state index is 0.0156. The van der Waals surface area contributed by atoms with E-state index in [1.165, 1.54) is 0 Å². The maximum absolute atomic E-state index is 12.2. The molecule has 1 aromatic rings. The molecular weight excluding hydrogens is 238 g/mol. The van der Waals surface area contributed by atoms with E-state index in [4.69, 9.17) is 16.7 Å². The number of amides is 1. The third-order valence-electron chi connectivity index (χ3n) is 2.56. The average molecular weight is 256 g/mol. The Balaban J connectivity index is 2.88. The van der Waals surface area contributed by atoms with Gasteiger partial charge in [-0.25, -0.2) is 0 Å². The van der Waals surface area contributed by atoms with Gasteiger partial charge in [0.25, 0.3) is 5.91 Å². The lowest BCUT2D eigenvalue weighted by molar-refractivity contribution is 0.0722. The van der Waals surface area contributed by atoms with Crippen molar-refractivity contribution in [2.24, 2.45) is 0 Å². The van der Waals surface area contributed by atoms with Crippen molar-refractivity contribution in [2.75, 3.05) is 19.7 Å². The maximum Gasteiger partial charge on any atom is 0.253 e. The Hall–Kier alpha value is -1.06. The summed E-state index contributed by atoms with van der Waals surface area (Å²) in [5, 5.41) is 9.60. The number of aryl methyl sites for hydroxylation is 1. The van der Waals surface area contributed by atoms with E-state index in [0.717, 1.165) is 12.0 Å². The molecule has 0 saturated heterocycles. The molecule has 1 aromatic carbocycles. The van der Waals surface area contributed by atoms with Crippen molar-refractivity contribution in [3.05, 3.63) is 34.3 Å². The number of carbonyl (C=O) groups is 1. The quantitative estimate of drug-likeness (QED) is 0.878. The molecule has 0 fully saturated rings. The predicted molar refractivity (Wildman–Crippen MR) is 69.5 cm³/mol. The number of aliphatic hydroxyl groups is 1. The molecule has 1 amide bonds. The summed E-state index contributed by atoms with van der Waals surface area (Å²) < 4.78 is 0. The first-order valence-electron chi connectivity index (χ1n) is 5.76. The largest absolute Gasteiger partial charge is 0.395 e. The fourth-order valence-electron chi connectivity index (χ4n) is 1.67. The first-order valence-corrected chi connectivity index (χ1v) is 6.14. The average Bonchev–Trinajstić information content (AvgIpc) is 2.31. The zero-order valence-corrected chi connectivity index (χ0v) is 11.0. The summed E-state index contributed by atoms with van der Waals surface area (Å²) in [6, 6.07) is 5.23. The molecule has 4 heteroatoms. The molecule has 94 valence electrons. The molecule has 0 aliphatic carbocycles. The van der Waals surface area contributed by atoms with Crippen molar-refractivity contribution in [1.82, 2.24) is 4.90 Å². The molecule has 0 atom stereocenters. The van der Waals surface area contributed by atoms with Crippen molar-refractivity contribution in [3.63, 3.8) is 0 Å². The minimum atomic E-state index is -0.0549. The van der Waals surface area contributed by atoms with Gasteiger partial charge in [-0.1, -0.05) is 18.5 Å². The van der Waals surface area contributed by atoms with Gasteiger partial charge in [-0.2, -0.15) is 0 Å². The summed E-state index contributed by atoms with van der Waals surface area (Å²) in [4.78, 5) is 13.8. The highest BCUT2D eigenvalue weighted by atomic mass is 35.5. The van der Waals surface area contributed by atoms with E-state index >= 15 is 0 Å². The van der Waals surface area contributed by atoms with Gasteiger partial charge >= 0.3 is 0 Å². The van der Waals surface area contributed by atoms with Crippen molar-refractivity contribution in [1.29, 1.82) is 0 Å². The Morgan fingerprint density at radius 2 is 2.12 bits per heavy atom. The fraction of sp³-hybridized carbons (Fsp3) is 0.462. The second kappa shape index (κ2) is 6.62. The first-order chi connectivity index (χ1) is 8.10. The summed E-state index contributed by atoms with van der Waals surface area (Å²) in [5.74, 6) is -0.0549. The molecule has 0 saturated carbocycles. The lowest BCUT2D eigenvalue weighted by Gasteiger charge is -2.21. The second-order valence-corrected chi connectivity index (χ2v) is 4.39. The van der Waals surface area contributed by atoms with E-state index < -0.39 is 0 Å². The van der Waals surface area contributed by atoms with Gasteiger partial charge in [0.1, 0.15) is 0 Å². The molecule has 1 N–H and O–H groups in total. The monoisotopic (exact) mass is 255 g/mol. The zero-order valence-electron chi connectivity index (χ0n) is 10.2. The van der Waals surface area contributed by atoms with E-state index in [9.17, 15) is 4.79 Å². The lowest BCUT2D eigenvalue weighted by atomic mass is 10.1. The third kappa shape index (κ3) is 3.72. The van der Waals surface area contributed by atoms with Crippen LogP contribution in [0.2, 0.25) is 5.02 Å². The van der Waals surface area contributed by atoms with Gasteiger partial charge in [-0.3, -0.25) is 4.79 Å². The summed E-state index contributed by atoms with van der Waals surface area (Å²) >= 11 is 5.92. The van der Waals surface area contributed by atoms with Gasteiger partial charge < -0.3 is 10.0 Å². The van der Waals surface area contributed by atoms with Crippen LogP contribution in [0.15, 0.2) is 18.2 Å². The molecule has 0 aliphatic rings. The number of hydrogen-bond acceptors (Lipinski definition) is 2. The van der Waals surface area contributed by atoms with Crippen molar-refractivity contribution < 1.29 is 9.90 Å². The molecule has 0 aromatic heterocycles. The summed E-state index contributed by atoms with van der Waals surface area (Å²) in [6.45, 7) is 4.88. The van der Waals surface area contributed by atoms with E-state index in [1.54, 1.807) is 23.1 Å². The van der Waals surface area contributed by atoms with Gasteiger partial charge in [-0.05, 0) is 37.1 Å². The minimum Gasteiger partial charge on any atom is -0.395 e. The molecule has 17 heavy (non-hydrogen) atoms. The van der Waals surface area contributed by atoms with Crippen LogP contribution in [-0.4, -0.2) is 35.6 Å². The highest BCUT2D eigenvalue weighted by molar-refractivity contribution is 6.31. The number of aliphatic hydroxyl groups excluding tert-OH is 1. The normalized spacial score (nSPS) is 10.4. The van der Waals surface area contributed by atoms with Crippen molar-refractivity contribution in [3.8, 4) is 0 Å². The Labute approximate surface area is 107 Å². The van der Waals surface area contributed by atoms with E-state index in [2.05, 4.69) is 0 Å². The molecule has 0 aliphatic heterocycles. The zero-order chi connectivity index (χ0) is 12.8. The number of hydrogen-bond donors (Lipinski definition) is 1. The van der Waals surface area contributed by atoms with E-state index in [0.29, 0.717) is 23.7 Å². The van der Waals surface area contributed by atoms with Crippen molar-refractivity contribution in [2.45, 2.75) is 20.3 Å². The molecule has 0 heterocycles. The van der Waals surface area contributed by atoms with E-state index in [1.807, 2.05) is 13.8 Å². The summed E-state index contributed by atoms with van der Waals surface area (Å²) in [7, 11) is 0. The Morgan fingerprint density at radius 1 is 1.41 bits per heavy atom. The smallest absolute Gasteiger partial charge is 0.253 e. The number of rotatable bonds is 5. The van der Waals surface area contributed by atoms with Gasteiger partial charge in [0.2, 0.25) is 0 Å². The Kier molecular flexibility index (Phi) is 5.45. The maximum atomic E-state index is 12.2. The lowest BCUT2D eigenvalue weighted by Crippen LogP contribution is -2.34. The molecule has 0 bridgehead atoms. The van der Waals surface area contributed by atoms with Crippen LogP contribution in [0.3, 0.4) is 0 Å². The van der Waals surface area contributed by atoms with Crippen molar-refractivity contribution >= 4 is 17.5 Å². The Morgan fingerprint density at radius 3 is 2.65 bits per heavy atom. The number of halogens is 1. The first kappa shape index (κ1) is 14.0. The molecule has 0 unspecified atom stereocenters. The fourth-order valence-corrected chi connectivity index (χ4v) is 1.78. The van der Waals surface area contributed by atoms with Crippen LogP contribution in [0.25, 0.3) is 0 Å². The number of benzene rings is 1. The van der Waals surface area contributed by atoms with Crippen LogP contribution in [0.4, 0.5) is 0 Å². The molecule has 0 radical (unpaired) electrons. The molecule has 1 rings (SSSR count). The van der Waals surface area contributed by atoms with Gasteiger partial charge in [0.05, 0.1) is 6.61 Å². The van der Waals surface area contributed by atoms with Gasteiger partial charge in [0.15, 0.2) is 0 Å². The molecule has 3 nitrogen and oxygen atoms in total. The van der Waals surface area contributed by atoms with E-state index in [-0.39, 0.29) is 12.5 Å². The van der Waals surface area contributed by atoms with Crippen LogP contribution in [0.1, 0.15) is 29.3 Å². The number of carbonyl (C=O) groups excluding carboxylic acids is 1. The van der Waals surface area contributed by atoms with Crippen LogP contribution in [0.5, 0.6) is 0 Å².